The van der Waals surface area contributed by atoms with E-state index in [0.29, 0.717) is 0 Å². The highest BCUT2D eigenvalue weighted by Crippen LogP contribution is 2.55. The van der Waals surface area contributed by atoms with Gasteiger partial charge in [0.2, 0.25) is 0 Å². The Morgan fingerprint density at radius 2 is 1.83 bits per heavy atom. The van der Waals surface area contributed by atoms with Crippen molar-refractivity contribution in [2.75, 3.05) is 0 Å². The summed E-state index contributed by atoms with van der Waals surface area (Å²) in [5.41, 5.74) is 9.23. The lowest BCUT2D eigenvalue weighted by atomic mass is 9.71. The van der Waals surface area contributed by atoms with Gasteiger partial charge in [0, 0.05) is 21.8 Å². The number of hydrogen-bond acceptors (Lipinski definition) is 0. The summed E-state index contributed by atoms with van der Waals surface area (Å²) >= 11 is 0. The number of aromatic amines is 1. The van der Waals surface area contributed by atoms with Crippen LogP contribution in [0.2, 0.25) is 0 Å². The molecule has 1 heterocycles. The van der Waals surface area contributed by atoms with Crippen LogP contribution < -0.4 is 0 Å². The maximum absolute atomic E-state index is 3.64. The quantitative estimate of drug-likeness (QED) is 0.354. The molecule has 0 radical (unpaired) electrons. The summed E-state index contributed by atoms with van der Waals surface area (Å²) in [4.78, 5) is 3.64. The zero-order chi connectivity index (χ0) is 20.0. The smallest absolute Gasteiger partial charge is 0.0981 e. The summed E-state index contributed by atoms with van der Waals surface area (Å²) in [5, 5.41) is 2.49. The van der Waals surface area contributed by atoms with Gasteiger partial charge in [-0.3, -0.25) is 0 Å². The molecular weight excluding hydrogens is 350 g/mol. The van der Waals surface area contributed by atoms with Gasteiger partial charge in [0.1, 0.15) is 0 Å². The molecule has 0 amide bonds. The molecule has 0 spiro atoms. The molecule has 0 saturated carbocycles. The van der Waals surface area contributed by atoms with Gasteiger partial charge in [-0.15, -0.1) is 0 Å². The van der Waals surface area contributed by atoms with Gasteiger partial charge in [0.05, 0.1) is 11.0 Å². The third-order valence-electron chi connectivity index (χ3n) is 6.48. The molecular formula is C28H25N. The Morgan fingerprint density at radius 1 is 0.966 bits per heavy atom. The number of hydrogen-bond donors (Lipinski definition) is 1. The maximum Gasteiger partial charge on any atom is 0.0981 e. The van der Waals surface area contributed by atoms with E-state index in [1.807, 2.05) is 19.9 Å². The van der Waals surface area contributed by atoms with Crippen LogP contribution >= 0.6 is 0 Å². The fourth-order valence-corrected chi connectivity index (χ4v) is 5.14. The van der Waals surface area contributed by atoms with E-state index < -0.39 is 0 Å². The molecule has 0 bridgehead atoms. The molecule has 142 valence electrons. The van der Waals surface area contributed by atoms with Gasteiger partial charge in [0.25, 0.3) is 0 Å². The van der Waals surface area contributed by atoms with E-state index in [2.05, 4.69) is 84.7 Å². The van der Waals surface area contributed by atoms with E-state index in [-0.39, 0.29) is 5.41 Å². The van der Waals surface area contributed by atoms with Gasteiger partial charge in [0.15, 0.2) is 0 Å². The number of nitrogens with one attached hydrogen (secondary N) is 1. The Kier molecular flexibility index (Phi) is 4.10. The molecule has 0 aliphatic heterocycles. The number of allylic oxidation sites excluding steroid dienone is 4. The topological polar surface area (TPSA) is 15.8 Å². The lowest BCUT2D eigenvalue weighted by Gasteiger charge is -2.31. The zero-order valence-electron chi connectivity index (χ0n) is 17.3. The maximum atomic E-state index is 3.64. The Bertz CT molecular complexity index is 1280. The van der Waals surface area contributed by atoms with Crippen LogP contribution in [0.5, 0.6) is 0 Å². The van der Waals surface area contributed by atoms with E-state index >= 15 is 0 Å². The molecule has 0 fully saturated rings. The highest BCUT2D eigenvalue weighted by atomic mass is 14.7. The van der Waals surface area contributed by atoms with Gasteiger partial charge in [-0.1, -0.05) is 80.1 Å². The van der Waals surface area contributed by atoms with Crippen molar-refractivity contribution in [3.8, 4) is 11.1 Å². The molecule has 29 heavy (non-hydrogen) atoms. The molecule has 3 aromatic carbocycles. The highest BCUT2D eigenvalue weighted by molar-refractivity contribution is 6.13. The first kappa shape index (κ1) is 17.8. The van der Waals surface area contributed by atoms with Crippen molar-refractivity contribution in [1.82, 2.24) is 4.98 Å². The van der Waals surface area contributed by atoms with Gasteiger partial charge in [-0.05, 0) is 54.7 Å². The zero-order valence-corrected chi connectivity index (χ0v) is 17.3. The van der Waals surface area contributed by atoms with E-state index in [0.717, 1.165) is 18.4 Å². The Hall–Kier alpha value is -3.24. The molecule has 0 saturated heterocycles. The first-order valence-electron chi connectivity index (χ1n) is 10.6. The minimum Gasteiger partial charge on any atom is -0.347 e. The molecule has 1 N–H and O–H groups in total. The van der Waals surface area contributed by atoms with Crippen LogP contribution in [0.4, 0.5) is 0 Å². The Balaban J connectivity index is 0.000000882. The van der Waals surface area contributed by atoms with Crippen molar-refractivity contribution in [3.63, 3.8) is 0 Å². The third-order valence-corrected chi connectivity index (χ3v) is 6.48. The lowest BCUT2D eigenvalue weighted by Crippen LogP contribution is -2.24. The first-order chi connectivity index (χ1) is 14.3. The summed E-state index contributed by atoms with van der Waals surface area (Å²) in [6.07, 6.45) is 9.05. The number of H-pyrrole nitrogens is 1. The third kappa shape index (κ3) is 2.36. The summed E-state index contributed by atoms with van der Waals surface area (Å²) in [7, 11) is 0. The first-order valence-corrected chi connectivity index (χ1v) is 10.6. The predicted octanol–water partition coefficient (Wildman–Crippen LogP) is 7.51. The molecule has 1 heteroatoms. The molecule has 1 aromatic heterocycles. The molecule has 4 aromatic rings. The van der Waals surface area contributed by atoms with Crippen molar-refractivity contribution in [3.05, 3.63) is 95.6 Å². The van der Waals surface area contributed by atoms with Crippen LogP contribution in [0.1, 0.15) is 44.7 Å². The van der Waals surface area contributed by atoms with Crippen LogP contribution in [0.3, 0.4) is 0 Å². The normalized spacial score (nSPS) is 19.2. The second-order valence-corrected chi connectivity index (χ2v) is 7.76. The van der Waals surface area contributed by atoms with Crippen LogP contribution in [0.25, 0.3) is 32.9 Å². The van der Waals surface area contributed by atoms with Crippen molar-refractivity contribution in [2.24, 2.45) is 0 Å². The van der Waals surface area contributed by atoms with Crippen LogP contribution in [0.15, 0.2) is 72.3 Å². The van der Waals surface area contributed by atoms with Gasteiger partial charge in [-0.25, -0.2) is 0 Å². The lowest BCUT2D eigenvalue weighted by molar-refractivity contribution is 0.650. The van der Waals surface area contributed by atoms with Crippen molar-refractivity contribution >= 4 is 21.8 Å². The summed E-state index contributed by atoms with van der Waals surface area (Å²) in [6, 6.07) is 23.9. The van der Waals surface area contributed by atoms with Crippen molar-refractivity contribution < 1.29 is 0 Å². The van der Waals surface area contributed by atoms with Gasteiger partial charge < -0.3 is 4.98 Å². The number of rotatable bonds is 1. The number of fused-ring (bicyclic) bond motifs is 7. The standard InChI is InChI=1S/C26H19N.C2H6/c1-26(17-9-3-2-4-10-17)21-13-7-5-12-20(21)24-22(26)16-15-19-18-11-6-8-14-23(18)27-25(19)24;1-2/h2-3,5-7,9,11-13,15-16,27H,4,10H2,1H3;1-2H3. The molecule has 1 atom stereocenters. The summed E-state index contributed by atoms with van der Waals surface area (Å²) in [6.45, 7) is 6.40. The fourth-order valence-electron chi connectivity index (χ4n) is 5.14. The van der Waals surface area contributed by atoms with E-state index in [1.165, 1.54) is 44.1 Å². The average Bonchev–Trinajstić information content (AvgIpc) is 3.30. The average molecular weight is 376 g/mol. The number of aromatic nitrogens is 1. The SMILES string of the molecule is CC.CC1(C2=CC=CCC2)c2ccccc2-c2c1ccc1c2[nH]c2c#cccc21. The molecule has 1 unspecified atom stereocenters. The molecule has 2 aliphatic rings. The second kappa shape index (κ2) is 6.68. The number of benzene rings is 2. The molecule has 2 aliphatic carbocycles. The molecule has 1 nitrogen and oxygen atoms in total. The Morgan fingerprint density at radius 3 is 2.66 bits per heavy atom. The largest absolute Gasteiger partial charge is 0.347 e. The van der Waals surface area contributed by atoms with E-state index in [9.17, 15) is 0 Å². The van der Waals surface area contributed by atoms with Crippen LogP contribution in [0, 0.1) is 12.1 Å². The van der Waals surface area contributed by atoms with Gasteiger partial charge >= 0.3 is 0 Å². The van der Waals surface area contributed by atoms with E-state index in [1.54, 1.807) is 0 Å². The molecule has 6 rings (SSSR count). The van der Waals surface area contributed by atoms with Crippen molar-refractivity contribution in [1.29, 1.82) is 0 Å². The Labute approximate surface area is 172 Å². The summed E-state index contributed by atoms with van der Waals surface area (Å²) in [5.74, 6) is 0. The minimum absolute atomic E-state index is 0.0714. The predicted molar refractivity (Wildman–Crippen MR) is 123 cm³/mol. The van der Waals surface area contributed by atoms with Crippen molar-refractivity contribution in [2.45, 2.75) is 39.0 Å². The highest BCUT2D eigenvalue weighted by Gasteiger charge is 2.42. The van der Waals surface area contributed by atoms with E-state index in [4.69, 9.17) is 0 Å². The minimum atomic E-state index is -0.0714. The van der Waals surface area contributed by atoms with Crippen LogP contribution in [-0.2, 0) is 5.41 Å². The monoisotopic (exact) mass is 375 g/mol. The van der Waals surface area contributed by atoms with Crippen LogP contribution in [-0.4, -0.2) is 4.98 Å². The second-order valence-electron chi connectivity index (χ2n) is 7.76. The summed E-state index contributed by atoms with van der Waals surface area (Å²) < 4.78 is 0. The fraction of sp³-hybridized carbons (Fsp3) is 0.214. The van der Waals surface area contributed by atoms with Gasteiger partial charge in [-0.2, -0.15) is 0 Å².